The lowest BCUT2D eigenvalue weighted by Crippen LogP contribution is -2.33. The number of carbonyl (C=O) groups is 1. The van der Waals surface area contributed by atoms with Gasteiger partial charge >= 0.3 is 5.97 Å². The monoisotopic (exact) mass is 209 g/mol. The summed E-state index contributed by atoms with van der Waals surface area (Å²) in [6.45, 7) is 6.36. The predicted molar refractivity (Wildman–Crippen MR) is 55.9 cm³/mol. The van der Waals surface area contributed by atoms with Crippen molar-refractivity contribution >= 4 is 18.4 Å². The minimum atomic E-state index is -0.445. The highest BCUT2D eigenvalue weighted by Gasteiger charge is 2.16. The molecule has 0 aromatic carbocycles. The van der Waals surface area contributed by atoms with E-state index in [1.165, 1.54) is 0 Å². The normalized spacial score (nSPS) is 14.2. The van der Waals surface area contributed by atoms with E-state index in [4.69, 9.17) is 10.5 Å². The van der Waals surface area contributed by atoms with Gasteiger partial charge in [-0.2, -0.15) is 0 Å². The Balaban J connectivity index is 0. The van der Waals surface area contributed by atoms with Crippen molar-refractivity contribution in [3.8, 4) is 0 Å². The number of hydrogen-bond donors (Lipinski definition) is 1. The van der Waals surface area contributed by atoms with Crippen LogP contribution in [0.25, 0.3) is 0 Å². The molecule has 80 valence electrons. The second-order valence-electron chi connectivity index (χ2n) is 3.11. The van der Waals surface area contributed by atoms with Crippen LogP contribution in [0.3, 0.4) is 0 Å². The molecule has 0 spiro atoms. The van der Waals surface area contributed by atoms with E-state index in [1.54, 1.807) is 6.92 Å². The first-order valence-corrected chi connectivity index (χ1v) is 4.54. The molecule has 3 nitrogen and oxygen atoms in total. The van der Waals surface area contributed by atoms with Crippen molar-refractivity contribution in [3.05, 3.63) is 0 Å². The first kappa shape index (κ1) is 15.2. The Hall–Kier alpha value is -0.280. The third-order valence-electron chi connectivity index (χ3n) is 1.94. The van der Waals surface area contributed by atoms with Gasteiger partial charge in [-0.15, -0.1) is 12.4 Å². The second kappa shape index (κ2) is 8.32. The fourth-order valence-corrected chi connectivity index (χ4v) is 0.946. The van der Waals surface area contributed by atoms with Gasteiger partial charge in [0.25, 0.3) is 0 Å². The maximum atomic E-state index is 11.0. The molecule has 0 bridgehead atoms. The van der Waals surface area contributed by atoms with E-state index in [9.17, 15) is 4.79 Å². The molecular weight excluding hydrogens is 190 g/mol. The molecule has 0 rings (SSSR count). The Morgan fingerprint density at radius 3 is 2.38 bits per heavy atom. The number of ether oxygens (including phenoxy) is 1. The summed E-state index contributed by atoms with van der Waals surface area (Å²) in [4.78, 5) is 11.0. The van der Waals surface area contributed by atoms with E-state index in [0.29, 0.717) is 12.5 Å². The molecular formula is C9H20ClNO2. The van der Waals surface area contributed by atoms with Gasteiger partial charge < -0.3 is 10.5 Å². The summed E-state index contributed by atoms with van der Waals surface area (Å²) in [5.41, 5.74) is 5.61. The van der Waals surface area contributed by atoms with Gasteiger partial charge in [-0.3, -0.25) is 4.79 Å². The van der Waals surface area contributed by atoms with Gasteiger partial charge in [0.05, 0.1) is 6.61 Å². The highest BCUT2D eigenvalue weighted by atomic mass is 35.5. The number of hydrogen-bond acceptors (Lipinski definition) is 3. The van der Waals surface area contributed by atoms with Gasteiger partial charge in [0, 0.05) is 0 Å². The summed E-state index contributed by atoms with van der Waals surface area (Å²) in [5.74, 6) is 0.210. The Kier molecular flexibility index (Phi) is 9.74. The van der Waals surface area contributed by atoms with Crippen molar-refractivity contribution in [1.29, 1.82) is 0 Å². The Labute approximate surface area is 86.4 Å². The van der Waals surface area contributed by atoms with Crippen molar-refractivity contribution in [2.45, 2.75) is 39.7 Å². The molecule has 0 aliphatic carbocycles. The van der Waals surface area contributed by atoms with E-state index < -0.39 is 6.04 Å². The third kappa shape index (κ3) is 6.84. The topological polar surface area (TPSA) is 52.3 Å². The van der Waals surface area contributed by atoms with Crippen LogP contribution in [0.5, 0.6) is 0 Å². The zero-order valence-corrected chi connectivity index (χ0v) is 9.39. The number of carbonyl (C=O) groups excluding carboxylic acids is 1. The molecule has 0 saturated heterocycles. The average Bonchev–Trinajstić information content (AvgIpc) is 2.04. The lowest BCUT2D eigenvalue weighted by molar-refractivity contribution is -0.145. The molecule has 0 amide bonds. The fraction of sp³-hybridized carbons (Fsp3) is 0.889. The molecule has 13 heavy (non-hydrogen) atoms. The van der Waals surface area contributed by atoms with Crippen molar-refractivity contribution in [3.63, 3.8) is 0 Å². The van der Waals surface area contributed by atoms with Gasteiger partial charge in [-0.25, -0.2) is 0 Å². The van der Waals surface area contributed by atoms with Crippen LogP contribution in [0.1, 0.15) is 33.6 Å². The first-order chi connectivity index (χ1) is 5.61. The van der Waals surface area contributed by atoms with E-state index in [2.05, 4.69) is 13.8 Å². The van der Waals surface area contributed by atoms with Crippen LogP contribution in [0, 0.1) is 5.92 Å². The van der Waals surface area contributed by atoms with Crippen LogP contribution < -0.4 is 5.73 Å². The van der Waals surface area contributed by atoms with Gasteiger partial charge in [0.1, 0.15) is 6.04 Å². The second-order valence-corrected chi connectivity index (χ2v) is 3.11. The van der Waals surface area contributed by atoms with Crippen molar-refractivity contribution in [2.24, 2.45) is 11.7 Å². The summed E-state index contributed by atoms with van der Waals surface area (Å²) >= 11 is 0. The SMILES string of the molecule is CCOC(=O)[C@H](N)CC(C)CC.Cl. The summed E-state index contributed by atoms with van der Waals surface area (Å²) in [7, 11) is 0. The maximum Gasteiger partial charge on any atom is 0.322 e. The molecule has 0 aromatic heterocycles. The molecule has 0 aromatic rings. The predicted octanol–water partition coefficient (Wildman–Crippen LogP) is 1.73. The van der Waals surface area contributed by atoms with Crippen molar-refractivity contribution < 1.29 is 9.53 Å². The van der Waals surface area contributed by atoms with Gasteiger partial charge in [-0.05, 0) is 19.3 Å². The highest BCUT2D eigenvalue weighted by molar-refractivity contribution is 5.85. The quantitative estimate of drug-likeness (QED) is 0.702. The fourth-order valence-electron chi connectivity index (χ4n) is 0.946. The lowest BCUT2D eigenvalue weighted by Gasteiger charge is -2.14. The Bertz CT molecular complexity index is 142. The molecule has 0 radical (unpaired) electrons. The zero-order valence-electron chi connectivity index (χ0n) is 8.58. The molecule has 2 N–H and O–H groups in total. The molecule has 0 saturated carbocycles. The minimum absolute atomic E-state index is 0. The molecule has 1 unspecified atom stereocenters. The average molecular weight is 210 g/mol. The summed E-state index contributed by atoms with van der Waals surface area (Å²) in [6.07, 6.45) is 1.77. The standard InChI is InChI=1S/C9H19NO2.ClH/c1-4-7(3)6-8(10)9(11)12-5-2;/h7-8H,4-6,10H2,1-3H3;1H/t7?,8-;/m1./s1. The number of halogens is 1. The van der Waals surface area contributed by atoms with Crippen LogP contribution in [-0.4, -0.2) is 18.6 Å². The Morgan fingerprint density at radius 1 is 1.46 bits per heavy atom. The summed E-state index contributed by atoms with van der Waals surface area (Å²) in [5, 5.41) is 0. The third-order valence-corrected chi connectivity index (χ3v) is 1.94. The first-order valence-electron chi connectivity index (χ1n) is 4.54. The molecule has 4 heteroatoms. The van der Waals surface area contributed by atoms with E-state index in [-0.39, 0.29) is 18.4 Å². The highest BCUT2D eigenvalue weighted by Crippen LogP contribution is 2.09. The van der Waals surface area contributed by atoms with Crippen molar-refractivity contribution in [2.75, 3.05) is 6.61 Å². The van der Waals surface area contributed by atoms with Crippen LogP contribution >= 0.6 is 12.4 Å². The van der Waals surface area contributed by atoms with E-state index >= 15 is 0 Å². The van der Waals surface area contributed by atoms with Crippen LogP contribution in [0.4, 0.5) is 0 Å². The number of rotatable bonds is 5. The van der Waals surface area contributed by atoms with Crippen molar-refractivity contribution in [1.82, 2.24) is 0 Å². The van der Waals surface area contributed by atoms with E-state index in [1.807, 2.05) is 0 Å². The van der Waals surface area contributed by atoms with Crippen LogP contribution in [0.15, 0.2) is 0 Å². The molecule has 0 aliphatic heterocycles. The molecule has 0 heterocycles. The molecule has 0 aliphatic rings. The summed E-state index contributed by atoms with van der Waals surface area (Å²) in [6, 6.07) is -0.445. The smallest absolute Gasteiger partial charge is 0.322 e. The number of esters is 1. The van der Waals surface area contributed by atoms with Gasteiger partial charge in [-0.1, -0.05) is 20.3 Å². The van der Waals surface area contributed by atoms with E-state index in [0.717, 1.165) is 12.8 Å². The molecule has 2 atom stereocenters. The summed E-state index contributed by atoms with van der Waals surface area (Å²) < 4.78 is 4.79. The largest absolute Gasteiger partial charge is 0.465 e. The minimum Gasteiger partial charge on any atom is -0.465 e. The molecule has 0 fully saturated rings. The maximum absolute atomic E-state index is 11.0. The van der Waals surface area contributed by atoms with Crippen LogP contribution in [-0.2, 0) is 9.53 Å². The zero-order chi connectivity index (χ0) is 9.56. The van der Waals surface area contributed by atoms with Gasteiger partial charge in [0.2, 0.25) is 0 Å². The van der Waals surface area contributed by atoms with Gasteiger partial charge in [0.15, 0.2) is 0 Å². The number of nitrogens with two attached hydrogens (primary N) is 1. The van der Waals surface area contributed by atoms with Crippen LogP contribution in [0.2, 0.25) is 0 Å². The Morgan fingerprint density at radius 2 is 2.00 bits per heavy atom. The lowest BCUT2D eigenvalue weighted by atomic mass is 10.0.